The van der Waals surface area contributed by atoms with Crippen molar-refractivity contribution in [3.63, 3.8) is 0 Å². The summed E-state index contributed by atoms with van der Waals surface area (Å²) in [5.41, 5.74) is 2.40. The highest BCUT2D eigenvalue weighted by Gasteiger charge is 2.45. The van der Waals surface area contributed by atoms with Gasteiger partial charge in [-0.15, -0.1) is 0 Å². The molecule has 1 aromatic carbocycles. The van der Waals surface area contributed by atoms with Gasteiger partial charge in [-0.2, -0.15) is 5.26 Å². The molecule has 0 aliphatic heterocycles. The normalized spacial score (nSPS) is 24.5. The third-order valence-corrected chi connectivity index (χ3v) is 6.07. The van der Waals surface area contributed by atoms with Crippen LogP contribution in [0.25, 0.3) is 0 Å². The highest BCUT2D eigenvalue weighted by atomic mass is 16.5. The van der Waals surface area contributed by atoms with Crippen molar-refractivity contribution < 1.29 is 14.3 Å². The lowest BCUT2D eigenvalue weighted by molar-refractivity contribution is -0.120. The van der Waals surface area contributed by atoms with Crippen LogP contribution in [0.4, 0.5) is 0 Å². The molecule has 3 rings (SSSR count). The zero-order valence-corrected chi connectivity index (χ0v) is 17.7. The minimum atomic E-state index is -0.572. The first-order valence-electron chi connectivity index (χ1n) is 10.2. The van der Waals surface area contributed by atoms with Crippen molar-refractivity contribution in [2.24, 2.45) is 5.41 Å². The third kappa shape index (κ3) is 4.00. The van der Waals surface area contributed by atoms with Gasteiger partial charge < -0.3 is 9.47 Å². The number of carbonyl (C=O) groups is 1. The second-order valence-electron chi connectivity index (χ2n) is 9.26. The molecular formula is C24H31NO3. The number of nitriles is 1. The lowest BCUT2D eigenvalue weighted by atomic mass is 9.69. The van der Waals surface area contributed by atoms with Gasteiger partial charge in [-0.3, -0.25) is 4.79 Å². The molecule has 150 valence electrons. The Balaban J connectivity index is 2.14. The molecule has 0 spiro atoms. The van der Waals surface area contributed by atoms with Crippen molar-refractivity contribution in [2.45, 2.75) is 77.4 Å². The molecule has 0 aromatic heterocycles. The lowest BCUT2D eigenvalue weighted by Gasteiger charge is -2.38. The van der Waals surface area contributed by atoms with Crippen LogP contribution < -0.4 is 4.74 Å². The summed E-state index contributed by atoms with van der Waals surface area (Å²) in [5, 5.41) is 10.1. The van der Waals surface area contributed by atoms with Gasteiger partial charge in [-0.25, -0.2) is 0 Å². The van der Waals surface area contributed by atoms with Gasteiger partial charge in [0.15, 0.2) is 5.78 Å². The number of nitrogens with zero attached hydrogens (tertiary/aromatic N) is 1. The monoisotopic (exact) mass is 381 g/mol. The van der Waals surface area contributed by atoms with E-state index in [4.69, 9.17) is 9.47 Å². The number of hydrogen-bond donors (Lipinski definition) is 0. The Morgan fingerprint density at radius 1 is 1.21 bits per heavy atom. The Hall–Kier alpha value is -2.12. The van der Waals surface area contributed by atoms with Crippen LogP contribution in [-0.2, 0) is 9.53 Å². The average Bonchev–Trinajstić information content (AvgIpc) is 3.03. The molecule has 3 atom stereocenters. The predicted molar refractivity (Wildman–Crippen MR) is 109 cm³/mol. The zero-order chi connectivity index (χ0) is 20.5. The van der Waals surface area contributed by atoms with Gasteiger partial charge in [-0.05, 0) is 69.6 Å². The SMILES string of the molecule is COc1cccc(C(C#N)[C@H](OC(C)(C)C)C2=C3CCC[C@@]3(C)CCC2=O)c1. The van der Waals surface area contributed by atoms with Gasteiger partial charge in [0.05, 0.1) is 18.8 Å². The molecule has 0 bridgehead atoms. The van der Waals surface area contributed by atoms with Crippen LogP contribution in [0.2, 0.25) is 0 Å². The van der Waals surface area contributed by atoms with Gasteiger partial charge in [0.25, 0.3) is 0 Å². The highest BCUT2D eigenvalue weighted by Crippen LogP contribution is 2.52. The molecule has 4 nitrogen and oxygen atoms in total. The van der Waals surface area contributed by atoms with Crippen molar-refractivity contribution in [1.82, 2.24) is 0 Å². The Bertz CT molecular complexity index is 827. The van der Waals surface area contributed by atoms with Gasteiger partial charge in [-0.1, -0.05) is 24.6 Å². The van der Waals surface area contributed by atoms with E-state index in [1.807, 2.05) is 45.0 Å². The third-order valence-electron chi connectivity index (χ3n) is 6.07. The van der Waals surface area contributed by atoms with E-state index in [-0.39, 0.29) is 11.2 Å². The molecule has 0 radical (unpaired) electrons. The van der Waals surface area contributed by atoms with E-state index in [1.54, 1.807) is 7.11 Å². The fraction of sp³-hybridized carbons (Fsp3) is 0.583. The number of allylic oxidation sites excluding steroid dienone is 1. The standard InChI is InChI=1S/C24H31NO3/c1-23(2,3)28-22(18(15-25)16-8-6-9-17(14-16)27-5)21-19-10-7-12-24(19,4)13-11-20(21)26/h6,8-9,14,18,22H,7,10-13H2,1-5H3/t18?,22-,24-/m0/s1. The van der Waals surface area contributed by atoms with Crippen LogP contribution in [0, 0.1) is 16.7 Å². The number of rotatable bonds is 5. The maximum atomic E-state index is 13.1. The fourth-order valence-electron chi connectivity index (χ4n) is 4.69. The Labute approximate surface area is 168 Å². The van der Waals surface area contributed by atoms with E-state index in [0.717, 1.165) is 36.8 Å². The molecule has 1 fully saturated rings. The molecule has 1 saturated carbocycles. The van der Waals surface area contributed by atoms with Crippen LogP contribution in [0.3, 0.4) is 0 Å². The second kappa shape index (κ2) is 7.72. The summed E-state index contributed by atoms with van der Waals surface area (Å²) in [7, 11) is 1.61. The maximum absolute atomic E-state index is 13.1. The summed E-state index contributed by atoms with van der Waals surface area (Å²) >= 11 is 0. The van der Waals surface area contributed by atoms with E-state index in [0.29, 0.717) is 12.2 Å². The second-order valence-corrected chi connectivity index (χ2v) is 9.26. The Morgan fingerprint density at radius 2 is 1.96 bits per heavy atom. The number of ketones is 1. The van der Waals surface area contributed by atoms with Crippen molar-refractivity contribution in [1.29, 1.82) is 5.26 Å². The summed E-state index contributed by atoms with van der Waals surface area (Å²) < 4.78 is 11.8. The van der Waals surface area contributed by atoms with E-state index in [2.05, 4.69) is 13.0 Å². The molecule has 1 unspecified atom stereocenters. The topological polar surface area (TPSA) is 59.3 Å². The van der Waals surface area contributed by atoms with Crippen LogP contribution in [0.5, 0.6) is 5.75 Å². The van der Waals surface area contributed by atoms with Crippen molar-refractivity contribution in [2.75, 3.05) is 7.11 Å². The quantitative estimate of drug-likeness (QED) is 0.691. The molecule has 0 heterocycles. The molecular weight excluding hydrogens is 350 g/mol. The van der Waals surface area contributed by atoms with Crippen LogP contribution >= 0.6 is 0 Å². The van der Waals surface area contributed by atoms with E-state index < -0.39 is 17.6 Å². The van der Waals surface area contributed by atoms with Crippen molar-refractivity contribution in [3.05, 3.63) is 41.0 Å². The van der Waals surface area contributed by atoms with Gasteiger partial charge in [0.2, 0.25) is 0 Å². The van der Waals surface area contributed by atoms with Gasteiger partial charge in [0, 0.05) is 12.0 Å². The van der Waals surface area contributed by atoms with Gasteiger partial charge >= 0.3 is 0 Å². The van der Waals surface area contributed by atoms with Crippen molar-refractivity contribution >= 4 is 5.78 Å². The lowest BCUT2D eigenvalue weighted by Crippen LogP contribution is -2.39. The summed E-state index contributed by atoms with van der Waals surface area (Å²) in [6, 6.07) is 9.97. The zero-order valence-electron chi connectivity index (χ0n) is 17.7. The first kappa shape index (κ1) is 20.6. The highest BCUT2D eigenvalue weighted by molar-refractivity contribution is 5.98. The first-order chi connectivity index (χ1) is 13.2. The number of Topliss-reactive ketones (excluding diaryl/α,β-unsaturated/α-hetero) is 1. The smallest absolute Gasteiger partial charge is 0.161 e. The summed E-state index contributed by atoms with van der Waals surface area (Å²) in [6.45, 7) is 8.20. The molecule has 2 aliphatic rings. The van der Waals surface area contributed by atoms with E-state index >= 15 is 0 Å². The van der Waals surface area contributed by atoms with Crippen LogP contribution in [-0.4, -0.2) is 24.6 Å². The summed E-state index contributed by atoms with van der Waals surface area (Å²) in [6.07, 6.45) is 4.01. The number of carbonyl (C=O) groups excluding carboxylic acids is 1. The minimum absolute atomic E-state index is 0.0666. The van der Waals surface area contributed by atoms with E-state index in [1.165, 1.54) is 5.57 Å². The number of methoxy groups -OCH3 is 1. The summed E-state index contributed by atoms with van der Waals surface area (Å²) in [5.74, 6) is 0.279. The molecule has 4 heteroatoms. The predicted octanol–water partition coefficient (Wildman–Crippen LogP) is 5.34. The molecule has 1 aromatic rings. The molecule has 2 aliphatic carbocycles. The van der Waals surface area contributed by atoms with E-state index in [9.17, 15) is 10.1 Å². The Morgan fingerprint density at radius 3 is 2.61 bits per heavy atom. The number of ether oxygens (including phenoxy) is 2. The molecule has 0 saturated heterocycles. The Kier molecular flexibility index (Phi) is 5.68. The van der Waals surface area contributed by atoms with Gasteiger partial charge in [0.1, 0.15) is 17.8 Å². The number of hydrogen-bond acceptors (Lipinski definition) is 4. The number of fused-ring (bicyclic) bond motifs is 1. The fourth-order valence-corrected chi connectivity index (χ4v) is 4.69. The number of benzene rings is 1. The summed E-state index contributed by atoms with van der Waals surface area (Å²) in [4.78, 5) is 13.1. The first-order valence-corrected chi connectivity index (χ1v) is 10.2. The largest absolute Gasteiger partial charge is 0.497 e. The van der Waals surface area contributed by atoms with Crippen LogP contribution in [0.1, 0.15) is 71.3 Å². The van der Waals surface area contributed by atoms with Crippen molar-refractivity contribution in [3.8, 4) is 11.8 Å². The molecule has 28 heavy (non-hydrogen) atoms. The molecule has 0 amide bonds. The molecule has 0 N–H and O–H groups in total. The van der Waals surface area contributed by atoms with Crippen LogP contribution in [0.15, 0.2) is 35.4 Å². The maximum Gasteiger partial charge on any atom is 0.161 e. The average molecular weight is 382 g/mol. The minimum Gasteiger partial charge on any atom is -0.497 e.